The number of ether oxygens (including phenoxy) is 1. The maximum absolute atomic E-state index is 9.34. The van der Waals surface area contributed by atoms with Crippen molar-refractivity contribution in [2.75, 3.05) is 26.3 Å². The molecule has 0 spiro atoms. The zero-order chi connectivity index (χ0) is 11.8. The van der Waals surface area contributed by atoms with Gasteiger partial charge in [-0.15, -0.1) is 0 Å². The molecule has 2 heterocycles. The average molecular weight is 265 g/mol. The van der Waals surface area contributed by atoms with E-state index in [1.54, 1.807) is 21.6 Å². The van der Waals surface area contributed by atoms with Crippen LogP contribution in [0, 0.1) is 0 Å². The number of rotatable bonds is 4. The molecule has 3 atom stereocenters. The highest BCUT2D eigenvalue weighted by Gasteiger charge is 2.60. The molecule has 0 radical (unpaired) electrons. The topological polar surface area (TPSA) is 65.3 Å². The van der Waals surface area contributed by atoms with Gasteiger partial charge in [0.2, 0.25) is 0 Å². The number of aliphatic hydroxyl groups is 1. The minimum absolute atomic E-state index is 0.0522. The largest absolute Gasteiger partial charge is 0.381 e. The highest BCUT2D eigenvalue weighted by Crippen LogP contribution is 2.54. The van der Waals surface area contributed by atoms with E-state index in [2.05, 4.69) is 11.8 Å². The van der Waals surface area contributed by atoms with Crippen molar-refractivity contribution in [2.45, 2.75) is 30.5 Å². The molecule has 0 aromatic carbocycles. The zero-order valence-corrected chi connectivity index (χ0v) is 11.3. The van der Waals surface area contributed by atoms with Gasteiger partial charge in [0.25, 0.3) is 0 Å². The minimum atomic E-state index is -0.131. The number of aliphatic hydroxyl groups excluding tert-OH is 1. The number of epoxide rings is 1. The Morgan fingerprint density at radius 1 is 1.69 bits per heavy atom. The fourth-order valence-electron chi connectivity index (χ4n) is 2.12. The zero-order valence-electron chi connectivity index (χ0n) is 9.63. The summed E-state index contributed by atoms with van der Waals surface area (Å²) in [5, 5.41) is 9.34. The summed E-state index contributed by atoms with van der Waals surface area (Å²) in [5.41, 5.74) is 5.69. The lowest BCUT2D eigenvalue weighted by molar-refractivity contribution is 0.0601. The van der Waals surface area contributed by atoms with Gasteiger partial charge in [0.05, 0.1) is 12.6 Å². The summed E-state index contributed by atoms with van der Waals surface area (Å²) in [6, 6.07) is 0. The molecule has 2 rings (SSSR count). The quantitative estimate of drug-likeness (QED) is 0.430. The summed E-state index contributed by atoms with van der Waals surface area (Å²) >= 11 is 0. The molecule has 0 bridgehead atoms. The highest BCUT2D eigenvalue weighted by atomic mass is 33.1. The van der Waals surface area contributed by atoms with E-state index < -0.39 is 0 Å². The van der Waals surface area contributed by atoms with Crippen molar-refractivity contribution in [1.82, 2.24) is 9.80 Å². The number of likely N-dealkylation sites (N-methyl/N-ethyl adjacent to an activating group) is 1. The van der Waals surface area contributed by atoms with Crippen molar-refractivity contribution in [3.05, 3.63) is 0 Å². The van der Waals surface area contributed by atoms with E-state index >= 15 is 0 Å². The number of fused-ring (bicyclic) bond motifs is 1. The van der Waals surface area contributed by atoms with Crippen LogP contribution in [0.3, 0.4) is 0 Å². The Hall–Kier alpha value is 0.500. The van der Waals surface area contributed by atoms with E-state index in [9.17, 15) is 5.11 Å². The lowest BCUT2D eigenvalue weighted by Crippen LogP contribution is -2.49. The predicted octanol–water partition coefficient (Wildman–Crippen LogP) is 0.270. The van der Waals surface area contributed by atoms with Gasteiger partial charge in [-0.1, -0.05) is 28.5 Å². The van der Waals surface area contributed by atoms with Crippen molar-refractivity contribution < 1.29 is 9.84 Å². The van der Waals surface area contributed by atoms with Gasteiger partial charge in [0, 0.05) is 6.67 Å². The van der Waals surface area contributed by atoms with Gasteiger partial charge in [0.1, 0.15) is 17.2 Å². The van der Waals surface area contributed by atoms with Crippen LogP contribution in [0.1, 0.15) is 13.3 Å². The van der Waals surface area contributed by atoms with E-state index in [1.807, 2.05) is 11.9 Å². The van der Waals surface area contributed by atoms with Gasteiger partial charge in [-0.05, 0) is 13.5 Å². The average Bonchev–Trinajstić information content (AvgIpc) is 3.08. The van der Waals surface area contributed by atoms with Gasteiger partial charge in [-0.2, -0.15) is 0 Å². The summed E-state index contributed by atoms with van der Waals surface area (Å²) in [4.78, 5) is 3.97. The third-order valence-corrected chi connectivity index (χ3v) is 6.51. The van der Waals surface area contributed by atoms with Gasteiger partial charge >= 0.3 is 0 Å². The molecule has 94 valence electrons. The van der Waals surface area contributed by atoms with Gasteiger partial charge in [-0.3, -0.25) is 9.80 Å². The second kappa shape index (κ2) is 5.01. The van der Waals surface area contributed by atoms with Crippen LogP contribution in [0.4, 0.5) is 0 Å². The molecule has 0 saturated carbocycles. The number of nitrogens with zero attached hydrogens (tertiary/aromatic N) is 2. The Bertz CT molecular complexity index is 259. The van der Waals surface area contributed by atoms with Crippen LogP contribution in [0.5, 0.6) is 0 Å². The lowest BCUT2D eigenvalue weighted by atomic mass is 10.1. The van der Waals surface area contributed by atoms with Gasteiger partial charge in [-0.25, -0.2) is 0 Å². The summed E-state index contributed by atoms with van der Waals surface area (Å²) in [5.74, 6) is 0.878. The molecule has 16 heavy (non-hydrogen) atoms. The molecule has 0 amide bonds. The minimum Gasteiger partial charge on any atom is -0.381 e. The molecule has 2 aliphatic heterocycles. The first-order valence-electron chi connectivity index (χ1n) is 5.42. The molecule has 2 unspecified atom stereocenters. The Balaban J connectivity index is 2.15. The van der Waals surface area contributed by atoms with Crippen LogP contribution in [0.15, 0.2) is 0 Å². The third kappa shape index (κ3) is 1.98. The number of nitrogens with two attached hydrogens (primary N) is 1. The van der Waals surface area contributed by atoms with Gasteiger partial charge < -0.3 is 15.6 Å². The summed E-state index contributed by atoms with van der Waals surface area (Å²) in [6.07, 6.45) is 1.22. The highest BCUT2D eigenvalue weighted by molar-refractivity contribution is 8.77. The second-order valence-corrected chi connectivity index (χ2v) is 6.66. The molecule has 0 aromatic rings. The molecule has 0 aromatic heterocycles. The summed E-state index contributed by atoms with van der Waals surface area (Å²) in [6.45, 7) is 2.71. The second-order valence-electron chi connectivity index (χ2n) is 4.09. The predicted molar refractivity (Wildman–Crippen MR) is 67.5 cm³/mol. The fraction of sp³-hybridized carbons (Fsp3) is 1.00. The SMILES string of the molecule is CC[C@]1(N(C)CO)SSCN(CN)C2OC21. The van der Waals surface area contributed by atoms with Crippen LogP contribution in [0.2, 0.25) is 0 Å². The van der Waals surface area contributed by atoms with Crippen LogP contribution in [-0.2, 0) is 4.74 Å². The van der Waals surface area contributed by atoms with E-state index in [-0.39, 0.29) is 23.9 Å². The molecule has 5 nitrogen and oxygen atoms in total. The molecule has 2 fully saturated rings. The van der Waals surface area contributed by atoms with Crippen molar-refractivity contribution in [1.29, 1.82) is 0 Å². The van der Waals surface area contributed by atoms with Gasteiger partial charge in [0.15, 0.2) is 0 Å². The van der Waals surface area contributed by atoms with Crippen molar-refractivity contribution in [2.24, 2.45) is 5.73 Å². The molecule has 2 saturated heterocycles. The Morgan fingerprint density at radius 2 is 2.44 bits per heavy atom. The van der Waals surface area contributed by atoms with E-state index in [1.165, 1.54) is 0 Å². The molecular weight excluding hydrogens is 246 g/mol. The van der Waals surface area contributed by atoms with E-state index in [0.717, 1.165) is 12.3 Å². The first kappa shape index (κ1) is 12.9. The monoisotopic (exact) mass is 265 g/mol. The van der Waals surface area contributed by atoms with Crippen molar-refractivity contribution in [3.63, 3.8) is 0 Å². The number of hydrogen-bond acceptors (Lipinski definition) is 7. The Labute approximate surface area is 104 Å². The summed E-state index contributed by atoms with van der Waals surface area (Å²) < 4.78 is 5.75. The van der Waals surface area contributed by atoms with Crippen molar-refractivity contribution in [3.8, 4) is 0 Å². The molecule has 0 aliphatic carbocycles. The van der Waals surface area contributed by atoms with Crippen LogP contribution in [0.25, 0.3) is 0 Å². The van der Waals surface area contributed by atoms with E-state index in [4.69, 9.17) is 10.5 Å². The van der Waals surface area contributed by atoms with Crippen LogP contribution < -0.4 is 5.73 Å². The standard InChI is InChI=1S/C9H19N3O2S2/c1-3-9(11(2)5-13)7-8(14-7)12(4-10)6-15-16-9/h7-8,13H,3-6,10H2,1-2H3/t7?,8?,9-/m0/s1. The maximum Gasteiger partial charge on any atom is 0.142 e. The third-order valence-electron chi connectivity index (χ3n) is 3.29. The maximum atomic E-state index is 9.34. The Morgan fingerprint density at radius 3 is 3.00 bits per heavy atom. The Kier molecular flexibility index (Phi) is 4.05. The van der Waals surface area contributed by atoms with E-state index in [0.29, 0.717) is 6.67 Å². The molecule has 3 N–H and O–H groups in total. The van der Waals surface area contributed by atoms with Crippen LogP contribution in [-0.4, -0.2) is 58.4 Å². The molecule has 7 heteroatoms. The van der Waals surface area contributed by atoms with Crippen molar-refractivity contribution >= 4 is 21.6 Å². The summed E-state index contributed by atoms with van der Waals surface area (Å²) in [7, 11) is 5.52. The smallest absolute Gasteiger partial charge is 0.142 e. The first-order chi connectivity index (χ1) is 7.69. The fourth-order valence-corrected chi connectivity index (χ4v) is 5.53. The molecule has 2 aliphatic rings. The van der Waals surface area contributed by atoms with Crippen LogP contribution >= 0.6 is 21.6 Å². The first-order valence-corrected chi connectivity index (χ1v) is 7.73. The normalized spacial score (nSPS) is 39.6. The number of hydrogen-bond donors (Lipinski definition) is 2. The molecular formula is C9H19N3O2S2. The lowest BCUT2D eigenvalue weighted by Gasteiger charge is -2.37.